The maximum absolute atomic E-state index is 12.3. The van der Waals surface area contributed by atoms with Crippen molar-refractivity contribution in [2.75, 3.05) is 6.61 Å². The first-order valence-corrected chi connectivity index (χ1v) is 9.05. The fraction of sp³-hybridized carbons (Fsp3) is 0.526. The number of nitrogens with one attached hydrogen (secondary N) is 1. The van der Waals surface area contributed by atoms with Crippen molar-refractivity contribution in [1.82, 2.24) is 14.5 Å². The average molecular weight is 359 g/mol. The molecule has 0 bridgehead atoms. The van der Waals surface area contributed by atoms with Gasteiger partial charge in [-0.2, -0.15) is 0 Å². The number of ether oxygens (including phenoxy) is 1. The number of esters is 1. The Morgan fingerprint density at radius 2 is 1.81 bits per heavy atom. The lowest BCUT2D eigenvalue weighted by Gasteiger charge is -2.26. The Balaban J connectivity index is 1.54. The lowest BCUT2D eigenvalue weighted by Crippen LogP contribution is -2.40. The van der Waals surface area contributed by atoms with Gasteiger partial charge >= 0.3 is 11.7 Å². The molecule has 1 amide bonds. The highest BCUT2D eigenvalue weighted by atomic mass is 16.5. The first-order chi connectivity index (χ1) is 12.5. The van der Waals surface area contributed by atoms with Crippen LogP contribution in [0.25, 0.3) is 11.0 Å². The van der Waals surface area contributed by atoms with E-state index in [1.807, 2.05) is 18.2 Å². The summed E-state index contributed by atoms with van der Waals surface area (Å²) in [5.74, 6) is -0.181. The second-order valence-corrected chi connectivity index (χ2v) is 7.10. The molecule has 1 aromatic carbocycles. The predicted molar refractivity (Wildman–Crippen MR) is 97.7 cm³/mol. The Morgan fingerprint density at radius 1 is 1.15 bits per heavy atom. The van der Waals surface area contributed by atoms with E-state index in [0.717, 1.165) is 31.2 Å². The van der Waals surface area contributed by atoms with Crippen molar-refractivity contribution >= 4 is 22.9 Å². The molecule has 3 rings (SSSR count). The zero-order chi connectivity index (χ0) is 18.7. The van der Waals surface area contributed by atoms with Gasteiger partial charge in [0.05, 0.1) is 11.0 Å². The number of hydrogen-bond acceptors (Lipinski definition) is 4. The molecular weight excluding hydrogens is 334 g/mol. The normalized spacial score (nSPS) is 20.1. The monoisotopic (exact) mass is 359 g/mol. The number of imidazole rings is 1. The number of aromatic nitrogens is 2. The van der Waals surface area contributed by atoms with E-state index in [0.29, 0.717) is 11.4 Å². The van der Waals surface area contributed by atoms with E-state index >= 15 is 0 Å². The minimum absolute atomic E-state index is 0.165. The average Bonchev–Trinajstić information content (AvgIpc) is 2.87. The predicted octanol–water partition coefficient (Wildman–Crippen LogP) is 1.58. The van der Waals surface area contributed by atoms with Crippen molar-refractivity contribution in [3.63, 3.8) is 0 Å². The van der Waals surface area contributed by atoms with Crippen LogP contribution in [0.1, 0.15) is 32.6 Å². The van der Waals surface area contributed by atoms with Crippen LogP contribution in [0, 0.1) is 5.92 Å². The van der Waals surface area contributed by atoms with Gasteiger partial charge in [0.25, 0.3) is 5.91 Å². The molecular formula is C19H25N3O4. The molecule has 0 unspecified atom stereocenters. The highest BCUT2D eigenvalue weighted by molar-refractivity contribution is 5.82. The molecule has 0 aliphatic heterocycles. The fourth-order valence-corrected chi connectivity index (χ4v) is 3.51. The molecule has 1 aliphatic carbocycles. The summed E-state index contributed by atoms with van der Waals surface area (Å²) in [6.45, 7) is 1.69. The van der Waals surface area contributed by atoms with Gasteiger partial charge in [0.2, 0.25) is 0 Å². The van der Waals surface area contributed by atoms with Crippen LogP contribution < -0.4 is 11.0 Å². The number of benzene rings is 1. The van der Waals surface area contributed by atoms with Gasteiger partial charge in [0.15, 0.2) is 6.61 Å². The van der Waals surface area contributed by atoms with E-state index in [-0.39, 0.29) is 30.8 Å². The third kappa shape index (κ3) is 3.98. The zero-order valence-electron chi connectivity index (χ0n) is 15.2. The molecule has 0 saturated heterocycles. The summed E-state index contributed by atoms with van der Waals surface area (Å²) in [4.78, 5) is 36.3. The van der Waals surface area contributed by atoms with Crippen LogP contribution in [0.3, 0.4) is 0 Å². The number of carbonyl (C=O) groups is 2. The SMILES string of the molecule is CC1CCC(NC(=O)COC(=O)Cn2c(=O)n(C)c3ccccc32)CC1. The summed E-state index contributed by atoms with van der Waals surface area (Å²) in [5, 5.41) is 2.91. The second-order valence-electron chi connectivity index (χ2n) is 7.10. The van der Waals surface area contributed by atoms with Crippen molar-refractivity contribution in [2.24, 2.45) is 13.0 Å². The number of para-hydroxylation sites is 2. The third-order valence-corrected chi connectivity index (χ3v) is 5.08. The van der Waals surface area contributed by atoms with Crippen molar-refractivity contribution in [3.05, 3.63) is 34.7 Å². The molecule has 1 fully saturated rings. The first kappa shape index (κ1) is 18.2. The van der Waals surface area contributed by atoms with Gasteiger partial charge < -0.3 is 10.1 Å². The van der Waals surface area contributed by atoms with Gasteiger partial charge in [0.1, 0.15) is 6.54 Å². The van der Waals surface area contributed by atoms with Crippen molar-refractivity contribution in [3.8, 4) is 0 Å². The molecule has 1 saturated carbocycles. The van der Waals surface area contributed by atoms with Crippen molar-refractivity contribution < 1.29 is 14.3 Å². The lowest BCUT2D eigenvalue weighted by atomic mass is 9.87. The van der Waals surface area contributed by atoms with E-state index in [4.69, 9.17) is 4.74 Å². The molecule has 1 N–H and O–H groups in total. The van der Waals surface area contributed by atoms with Crippen LogP contribution in [0.5, 0.6) is 0 Å². The van der Waals surface area contributed by atoms with Gasteiger partial charge in [-0.05, 0) is 43.7 Å². The molecule has 7 nitrogen and oxygen atoms in total. The van der Waals surface area contributed by atoms with Crippen LogP contribution in [0.4, 0.5) is 0 Å². The molecule has 0 radical (unpaired) electrons. The number of carbonyl (C=O) groups excluding carboxylic acids is 2. The van der Waals surface area contributed by atoms with Crippen LogP contribution in [-0.2, 0) is 27.9 Å². The Bertz CT molecular complexity index is 859. The smallest absolute Gasteiger partial charge is 0.329 e. The highest BCUT2D eigenvalue weighted by Crippen LogP contribution is 2.23. The minimum atomic E-state index is -0.601. The maximum atomic E-state index is 12.3. The molecule has 1 aromatic heterocycles. The number of nitrogens with zero attached hydrogens (tertiary/aromatic N) is 2. The summed E-state index contributed by atoms with van der Waals surface area (Å²) in [6.07, 6.45) is 4.14. The Hall–Kier alpha value is -2.57. The molecule has 7 heteroatoms. The Morgan fingerprint density at radius 3 is 2.50 bits per heavy atom. The summed E-state index contributed by atoms with van der Waals surface area (Å²) in [5.41, 5.74) is 1.12. The topological polar surface area (TPSA) is 82.3 Å². The van der Waals surface area contributed by atoms with Crippen molar-refractivity contribution in [1.29, 1.82) is 0 Å². The molecule has 140 valence electrons. The van der Waals surface area contributed by atoms with Gasteiger partial charge in [-0.25, -0.2) is 4.79 Å². The lowest BCUT2D eigenvalue weighted by molar-refractivity contribution is -0.149. The number of hydrogen-bond donors (Lipinski definition) is 1. The maximum Gasteiger partial charge on any atom is 0.329 e. The molecule has 2 aromatic rings. The van der Waals surface area contributed by atoms with Gasteiger partial charge in [0, 0.05) is 13.1 Å². The standard InChI is InChI=1S/C19H25N3O4/c1-13-7-9-14(10-8-13)20-17(23)12-26-18(24)11-22-16-6-4-3-5-15(16)21(2)19(22)25/h3-6,13-14H,7-12H2,1-2H3,(H,20,23). The molecule has 0 atom stereocenters. The number of amides is 1. The summed E-state index contributed by atoms with van der Waals surface area (Å²) in [7, 11) is 1.66. The summed E-state index contributed by atoms with van der Waals surface area (Å²) < 4.78 is 7.91. The number of rotatable bonds is 5. The largest absolute Gasteiger partial charge is 0.454 e. The summed E-state index contributed by atoms with van der Waals surface area (Å²) >= 11 is 0. The van der Waals surface area contributed by atoms with E-state index in [1.165, 1.54) is 9.13 Å². The van der Waals surface area contributed by atoms with Gasteiger partial charge in [-0.3, -0.25) is 18.7 Å². The van der Waals surface area contributed by atoms with E-state index in [9.17, 15) is 14.4 Å². The van der Waals surface area contributed by atoms with Crippen LogP contribution in [-0.4, -0.2) is 33.7 Å². The van der Waals surface area contributed by atoms with E-state index in [1.54, 1.807) is 13.1 Å². The molecule has 1 aliphatic rings. The second kappa shape index (κ2) is 7.76. The highest BCUT2D eigenvalue weighted by Gasteiger charge is 2.20. The van der Waals surface area contributed by atoms with Crippen LogP contribution in [0.2, 0.25) is 0 Å². The Kier molecular flexibility index (Phi) is 5.44. The van der Waals surface area contributed by atoms with Crippen LogP contribution >= 0.6 is 0 Å². The van der Waals surface area contributed by atoms with Gasteiger partial charge in [-0.1, -0.05) is 19.1 Å². The molecule has 1 heterocycles. The third-order valence-electron chi connectivity index (χ3n) is 5.08. The van der Waals surface area contributed by atoms with Gasteiger partial charge in [-0.15, -0.1) is 0 Å². The Labute approximate surface area is 151 Å². The first-order valence-electron chi connectivity index (χ1n) is 9.05. The van der Waals surface area contributed by atoms with E-state index < -0.39 is 5.97 Å². The number of aryl methyl sites for hydroxylation is 1. The molecule has 26 heavy (non-hydrogen) atoms. The zero-order valence-corrected chi connectivity index (χ0v) is 15.2. The number of fused-ring (bicyclic) bond motifs is 1. The molecule has 0 spiro atoms. The summed E-state index contributed by atoms with van der Waals surface area (Å²) in [6, 6.07) is 7.40. The quantitative estimate of drug-likeness (QED) is 0.822. The van der Waals surface area contributed by atoms with E-state index in [2.05, 4.69) is 12.2 Å². The minimum Gasteiger partial charge on any atom is -0.454 e. The van der Waals surface area contributed by atoms with Crippen molar-refractivity contribution in [2.45, 2.75) is 45.2 Å². The van der Waals surface area contributed by atoms with Crippen LogP contribution in [0.15, 0.2) is 29.1 Å². The fourth-order valence-electron chi connectivity index (χ4n) is 3.51.